The first-order valence-electron chi connectivity index (χ1n) is 14.7. The first kappa shape index (κ1) is 31.5. The lowest BCUT2D eigenvalue weighted by molar-refractivity contribution is -0.113. The summed E-state index contributed by atoms with van der Waals surface area (Å²) in [4.78, 5) is 45.2. The zero-order valence-electron chi connectivity index (χ0n) is 25.8. The van der Waals surface area contributed by atoms with Crippen LogP contribution in [-0.2, 0) is 23.1 Å². The molecule has 0 spiro atoms. The number of carbonyl (C=O) groups is 1. The number of thiocarbonyl (C=S) groups is 1. The fraction of sp³-hybridized carbons (Fsp3) is 0.406. The molecule has 2 aliphatic rings. The average Bonchev–Trinajstić information content (AvgIpc) is 3.37. The summed E-state index contributed by atoms with van der Waals surface area (Å²) in [6.07, 6.45) is 3.18. The molecule has 2 unspecified atom stereocenters. The topological polar surface area (TPSA) is 106 Å². The highest BCUT2D eigenvalue weighted by molar-refractivity contribution is 8.27. The number of anilines is 2. The number of ether oxygens (including phenoxy) is 1. The van der Waals surface area contributed by atoms with Gasteiger partial charge in [0.1, 0.15) is 23.1 Å². The van der Waals surface area contributed by atoms with Crippen molar-refractivity contribution in [3.8, 4) is 11.8 Å². The number of amides is 1. The normalized spacial score (nSPS) is 19.7. The van der Waals surface area contributed by atoms with Crippen molar-refractivity contribution in [3.63, 3.8) is 0 Å². The third-order valence-electron chi connectivity index (χ3n) is 8.12. The predicted octanol–water partition coefficient (Wildman–Crippen LogP) is 4.65. The van der Waals surface area contributed by atoms with Gasteiger partial charge in [-0.2, -0.15) is 5.26 Å². The molecule has 0 radical (unpaired) electrons. The van der Waals surface area contributed by atoms with E-state index in [1.54, 1.807) is 36.2 Å². The lowest BCUT2D eigenvalue weighted by atomic mass is 10.0. The summed E-state index contributed by atoms with van der Waals surface area (Å²) in [5.74, 6) is 0.236. The summed E-state index contributed by atoms with van der Waals surface area (Å²) in [7, 11) is 1.77. The van der Waals surface area contributed by atoms with Crippen LogP contribution >= 0.6 is 24.0 Å². The number of rotatable bonds is 7. The minimum Gasteiger partial charge on any atom is -0.372 e. The predicted molar refractivity (Wildman–Crippen MR) is 179 cm³/mol. The molecular weight excluding hydrogens is 597 g/mol. The van der Waals surface area contributed by atoms with Crippen molar-refractivity contribution in [1.82, 2.24) is 13.9 Å². The second-order valence-electron chi connectivity index (χ2n) is 11.2. The van der Waals surface area contributed by atoms with Gasteiger partial charge < -0.3 is 9.64 Å². The van der Waals surface area contributed by atoms with E-state index in [0.717, 1.165) is 24.6 Å². The standard InChI is InChI=1S/C32H36N6O4S2/c1-7-8-14-36-28(35-17-19(2)42-20(3)18-35)24(21(4)25(16-33)29(36)39)15-26-30(40)37(32(43)44-26)27-22(5)34(6)38(31(27)41)23-12-10-9-11-13-23/h9-13,15,19-20H,7-8,14,17-18H2,1-6H3/b26-15+. The summed E-state index contributed by atoms with van der Waals surface area (Å²) in [5.41, 5.74) is 1.91. The fourth-order valence-corrected chi connectivity index (χ4v) is 7.22. The molecule has 2 saturated heterocycles. The van der Waals surface area contributed by atoms with Crippen molar-refractivity contribution in [1.29, 1.82) is 5.26 Å². The minimum atomic E-state index is -0.426. The van der Waals surface area contributed by atoms with Crippen molar-refractivity contribution in [2.45, 2.75) is 66.2 Å². The van der Waals surface area contributed by atoms with Crippen LogP contribution < -0.4 is 20.9 Å². The molecule has 2 atom stereocenters. The van der Waals surface area contributed by atoms with Gasteiger partial charge in [-0.15, -0.1) is 0 Å². The smallest absolute Gasteiger partial charge is 0.296 e. The van der Waals surface area contributed by atoms with E-state index in [0.29, 0.717) is 52.9 Å². The minimum absolute atomic E-state index is 0.0468. The van der Waals surface area contributed by atoms with Gasteiger partial charge in [0.05, 0.1) is 28.5 Å². The fourth-order valence-electron chi connectivity index (χ4n) is 5.96. The third kappa shape index (κ3) is 5.44. The number of carbonyl (C=O) groups excluding carboxylic acids is 1. The Labute approximate surface area is 266 Å². The Morgan fingerprint density at radius 1 is 1.09 bits per heavy atom. The van der Waals surface area contributed by atoms with Gasteiger partial charge in [-0.25, -0.2) is 4.68 Å². The highest BCUT2D eigenvalue weighted by Gasteiger charge is 2.38. The molecule has 10 nitrogen and oxygen atoms in total. The monoisotopic (exact) mass is 632 g/mol. The van der Waals surface area contributed by atoms with E-state index in [9.17, 15) is 19.6 Å². The Morgan fingerprint density at radius 2 is 1.75 bits per heavy atom. The largest absolute Gasteiger partial charge is 0.372 e. The first-order chi connectivity index (χ1) is 21.0. The number of hydrogen-bond donors (Lipinski definition) is 0. The van der Waals surface area contributed by atoms with E-state index in [1.165, 1.54) is 9.58 Å². The summed E-state index contributed by atoms with van der Waals surface area (Å²) in [6, 6.07) is 11.3. The van der Waals surface area contributed by atoms with E-state index in [-0.39, 0.29) is 38.9 Å². The molecule has 0 saturated carbocycles. The second kappa shape index (κ2) is 12.6. The molecule has 230 valence electrons. The summed E-state index contributed by atoms with van der Waals surface area (Å²) in [6.45, 7) is 11.1. The molecule has 3 aromatic rings. The average molecular weight is 633 g/mol. The van der Waals surface area contributed by atoms with Gasteiger partial charge in [-0.1, -0.05) is 55.5 Å². The van der Waals surface area contributed by atoms with Crippen LogP contribution in [0, 0.1) is 25.2 Å². The Bertz CT molecular complexity index is 1820. The van der Waals surface area contributed by atoms with Crippen LogP contribution in [-0.4, -0.2) is 49.5 Å². The lowest BCUT2D eigenvalue weighted by Gasteiger charge is -2.39. The SMILES string of the molecule is CCCCn1c(N2CC(C)OC(C)C2)c(/C=C2/SC(=S)N(c3c(C)n(C)n(-c4ccccc4)c3=O)C2=O)c(C)c(C#N)c1=O. The first-order valence-corrected chi connectivity index (χ1v) is 15.9. The summed E-state index contributed by atoms with van der Waals surface area (Å²) in [5, 5.41) is 10.0. The number of unbranched alkanes of at least 4 members (excludes halogenated alkanes) is 1. The maximum Gasteiger partial charge on any atom is 0.296 e. The van der Waals surface area contributed by atoms with Gasteiger partial charge in [-0.3, -0.25) is 28.5 Å². The van der Waals surface area contributed by atoms with Crippen LogP contribution in [0.3, 0.4) is 0 Å². The number of benzene rings is 1. The number of nitriles is 1. The van der Waals surface area contributed by atoms with Crippen LogP contribution in [0.1, 0.15) is 56.0 Å². The molecule has 5 rings (SSSR count). The van der Waals surface area contributed by atoms with Gasteiger partial charge in [0.2, 0.25) is 0 Å². The number of para-hydroxylation sites is 1. The zero-order valence-corrected chi connectivity index (χ0v) is 27.4. The van der Waals surface area contributed by atoms with Crippen molar-refractivity contribution in [2.24, 2.45) is 7.05 Å². The van der Waals surface area contributed by atoms with Crippen LogP contribution in [0.2, 0.25) is 0 Å². The van der Waals surface area contributed by atoms with Crippen molar-refractivity contribution < 1.29 is 9.53 Å². The molecule has 12 heteroatoms. The Balaban J connectivity index is 1.68. The van der Waals surface area contributed by atoms with E-state index in [1.807, 2.05) is 51.1 Å². The molecule has 44 heavy (non-hydrogen) atoms. The highest BCUT2D eigenvalue weighted by Crippen LogP contribution is 2.39. The number of morpholine rings is 1. The Hall–Kier alpha value is -3.92. The van der Waals surface area contributed by atoms with Crippen molar-refractivity contribution >= 4 is 51.8 Å². The maximum atomic E-state index is 14.1. The third-order valence-corrected chi connectivity index (χ3v) is 9.42. The number of nitrogens with zero attached hydrogens (tertiary/aromatic N) is 6. The molecule has 4 heterocycles. The van der Waals surface area contributed by atoms with Crippen LogP contribution in [0.15, 0.2) is 44.8 Å². The number of thioether (sulfide) groups is 1. The van der Waals surface area contributed by atoms with E-state index < -0.39 is 5.91 Å². The van der Waals surface area contributed by atoms with Gasteiger partial charge in [0, 0.05) is 32.2 Å². The van der Waals surface area contributed by atoms with Gasteiger partial charge >= 0.3 is 0 Å². The van der Waals surface area contributed by atoms with Gasteiger partial charge in [0.15, 0.2) is 4.32 Å². The van der Waals surface area contributed by atoms with Crippen LogP contribution in [0.4, 0.5) is 11.5 Å². The summed E-state index contributed by atoms with van der Waals surface area (Å²) >= 11 is 6.80. The highest BCUT2D eigenvalue weighted by atomic mass is 32.2. The van der Waals surface area contributed by atoms with Gasteiger partial charge in [-0.05, 0) is 57.9 Å². The molecule has 0 aliphatic carbocycles. The molecule has 1 amide bonds. The van der Waals surface area contributed by atoms with E-state index >= 15 is 0 Å². The molecular formula is C32H36N6O4S2. The van der Waals surface area contributed by atoms with E-state index in [2.05, 4.69) is 11.0 Å². The second-order valence-corrected chi connectivity index (χ2v) is 12.9. The maximum absolute atomic E-state index is 14.1. The number of aromatic nitrogens is 3. The Kier molecular flexibility index (Phi) is 9.02. The van der Waals surface area contributed by atoms with Crippen LogP contribution in [0.25, 0.3) is 11.8 Å². The molecule has 2 aliphatic heterocycles. The Morgan fingerprint density at radius 3 is 2.36 bits per heavy atom. The van der Waals surface area contributed by atoms with Gasteiger partial charge in [0.25, 0.3) is 17.0 Å². The van der Waals surface area contributed by atoms with E-state index in [4.69, 9.17) is 17.0 Å². The van der Waals surface area contributed by atoms with Crippen LogP contribution in [0.5, 0.6) is 0 Å². The lowest BCUT2D eigenvalue weighted by Crippen LogP contribution is -2.48. The van der Waals surface area contributed by atoms with Crippen molar-refractivity contribution in [2.75, 3.05) is 22.9 Å². The number of pyridine rings is 1. The molecule has 2 fully saturated rings. The zero-order chi connectivity index (χ0) is 31.9. The quantitative estimate of drug-likeness (QED) is 0.274. The van der Waals surface area contributed by atoms with Crippen molar-refractivity contribution in [3.05, 3.63) is 78.3 Å². The molecule has 0 N–H and O–H groups in total. The summed E-state index contributed by atoms with van der Waals surface area (Å²) < 4.78 is 11.1. The molecule has 0 bridgehead atoms. The number of hydrogen-bond acceptors (Lipinski definition) is 8. The molecule has 1 aromatic carbocycles. The molecule has 2 aromatic heterocycles.